The molecule has 1 N–H and O–H groups in total. The second-order valence-electron chi connectivity index (χ2n) is 10.5. The maximum absolute atomic E-state index is 14.3. The van der Waals surface area contributed by atoms with Gasteiger partial charge in [0.2, 0.25) is 11.8 Å². The number of carbonyl (C=O) groups excluding carboxylic acids is 2. The zero-order valence-electron chi connectivity index (χ0n) is 26.5. The number of hydrogen-bond donors (Lipinski definition) is 1. The molecule has 0 bridgehead atoms. The monoisotopic (exact) mass is 625 g/mol. The van der Waals surface area contributed by atoms with E-state index in [4.69, 9.17) is 14.2 Å². The number of benzene rings is 3. The number of amides is 2. The molecule has 0 fully saturated rings. The van der Waals surface area contributed by atoms with Gasteiger partial charge in [0.05, 0.1) is 31.9 Å². The number of hydrogen-bond acceptors (Lipinski definition) is 7. The molecular formula is C33H43N3O7S. The van der Waals surface area contributed by atoms with Crippen LogP contribution in [0.4, 0.5) is 5.69 Å². The van der Waals surface area contributed by atoms with Crippen molar-refractivity contribution in [3.05, 3.63) is 77.4 Å². The van der Waals surface area contributed by atoms with Crippen molar-refractivity contribution in [2.75, 3.05) is 38.7 Å². The van der Waals surface area contributed by atoms with Crippen LogP contribution in [-0.2, 0) is 26.2 Å². The lowest BCUT2D eigenvalue weighted by atomic mass is 10.1. The van der Waals surface area contributed by atoms with Crippen molar-refractivity contribution < 1.29 is 32.2 Å². The Labute approximate surface area is 261 Å². The highest BCUT2D eigenvalue weighted by molar-refractivity contribution is 7.92. The third-order valence-electron chi connectivity index (χ3n) is 7.14. The van der Waals surface area contributed by atoms with Gasteiger partial charge in [-0.15, -0.1) is 0 Å². The quantitative estimate of drug-likeness (QED) is 0.257. The first-order valence-electron chi connectivity index (χ1n) is 14.5. The lowest BCUT2D eigenvalue weighted by Gasteiger charge is -2.33. The molecule has 238 valence electrons. The summed E-state index contributed by atoms with van der Waals surface area (Å²) in [7, 11) is 0.141. The van der Waals surface area contributed by atoms with Crippen LogP contribution < -0.4 is 23.8 Å². The smallest absolute Gasteiger partial charge is 0.264 e. The van der Waals surface area contributed by atoms with Crippen LogP contribution in [0.5, 0.6) is 17.2 Å². The minimum atomic E-state index is -4.29. The van der Waals surface area contributed by atoms with E-state index in [2.05, 4.69) is 5.32 Å². The van der Waals surface area contributed by atoms with Gasteiger partial charge in [0.25, 0.3) is 10.0 Å². The van der Waals surface area contributed by atoms with Crippen LogP contribution in [0, 0.1) is 13.8 Å². The summed E-state index contributed by atoms with van der Waals surface area (Å²) in [5, 5.41) is 2.89. The maximum Gasteiger partial charge on any atom is 0.264 e. The SMILES string of the molecule is CCCNC(=O)[C@@H](CC)N(Cc1cccc(OC)c1)C(=O)CN(c1cc(C)cc(C)c1)S(=O)(=O)c1ccc(OC)c(OC)c1. The van der Waals surface area contributed by atoms with Gasteiger partial charge in [0.1, 0.15) is 18.3 Å². The van der Waals surface area contributed by atoms with Crippen LogP contribution in [0.25, 0.3) is 0 Å². The molecular weight excluding hydrogens is 582 g/mol. The normalized spacial score (nSPS) is 11.8. The van der Waals surface area contributed by atoms with E-state index in [9.17, 15) is 18.0 Å². The van der Waals surface area contributed by atoms with Crippen molar-refractivity contribution in [2.45, 2.75) is 58.0 Å². The summed E-state index contributed by atoms with van der Waals surface area (Å²) in [5.41, 5.74) is 2.73. The van der Waals surface area contributed by atoms with Crippen molar-refractivity contribution >= 4 is 27.5 Å². The summed E-state index contributed by atoms with van der Waals surface area (Å²) in [5.74, 6) is 0.375. The largest absolute Gasteiger partial charge is 0.497 e. The van der Waals surface area contributed by atoms with E-state index < -0.39 is 28.5 Å². The Morgan fingerprint density at radius 1 is 0.864 bits per heavy atom. The first-order chi connectivity index (χ1) is 21.0. The molecule has 3 aromatic rings. The van der Waals surface area contributed by atoms with Crippen LogP contribution in [-0.4, -0.2) is 65.6 Å². The van der Waals surface area contributed by atoms with Gasteiger partial charge < -0.3 is 24.4 Å². The Morgan fingerprint density at radius 3 is 2.14 bits per heavy atom. The third kappa shape index (κ3) is 8.22. The van der Waals surface area contributed by atoms with E-state index in [1.807, 2.05) is 39.8 Å². The van der Waals surface area contributed by atoms with Crippen molar-refractivity contribution in [3.63, 3.8) is 0 Å². The fourth-order valence-corrected chi connectivity index (χ4v) is 6.39. The predicted molar refractivity (Wildman–Crippen MR) is 171 cm³/mol. The Kier molecular flexibility index (Phi) is 12.0. The zero-order chi connectivity index (χ0) is 32.4. The number of nitrogens with zero attached hydrogens (tertiary/aromatic N) is 2. The molecule has 3 rings (SSSR count). The van der Waals surface area contributed by atoms with E-state index in [1.165, 1.54) is 37.3 Å². The number of nitrogens with one attached hydrogen (secondary N) is 1. The van der Waals surface area contributed by atoms with Gasteiger partial charge in [-0.05, 0) is 79.8 Å². The summed E-state index contributed by atoms with van der Waals surface area (Å²) in [6.45, 7) is 7.48. The standard InChI is InChI=1S/C33H43N3O7S/c1-8-15-34-33(38)29(9-2)35(21-25-11-10-12-27(19-25)41-5)32(37)22-36(26-17-23(3)16-24(4)18-26)44(39,40)28-13-14-30(42-6)31(20-28)43-7/h10-14,16-20,29H,8-9,15,21-22H2,1-7H3,(H,34,38)/t29-/m1/s1. The zero-order valence-corrected chi connectivity index (χ0v) is 27.4. The summed E-state index contributed by atoms with van der Waals surface area (Å²) in [6, 6.07) is 16.0. The molecule has 2 amide bonds. The topological polar surface area (TPSA) is 114 Å². The lowest BCUT2D eigenvalue weighted by molar-refractivity contribution is -0.140. The molecule has 10 nitrogen and oxygen atoms in total. The third-order valence-corrected chi connectivity index (χ3v) is 8.91. The molecule has 0 aliphatic carbocycles. The van der Waals surface area contributed by atoms with Crippen molar-refractivity contribution in [3.8, 4) is 17.2 Å². The highest BCUT2D eigenvalue weighted by Crippen LogP contribution is 2.33. The van der Waals surface area contributed by atoms with E-state index in [1.54, 1.807) is 37.4 Å². The maximum atomic E-state index is 14.3. The molecule has 0 saturated carbocycles. The molecule has 44 heavy (non-hydrogen) atoms. The first-order valence-corrected chi connectivity index (χ1v) is 16.0. The number of aryl methyl sites for hydroxylation is 2. The Hall–Kier alpha value is -4.25. The summed E-state index contributed by atoms with van der Waals surface area (Å²) in [6.07, 6.45) is 1.06. The highest BCUT2D eigenvalue weighted by atomic mass is 32.2. The van der Waals surface area contributed by atoms with Crippen LogP contribution >= 0.6 is 0 Å². The molecule has 11 heteroatoms. The highest BCUT2D eigenvalue weighted by Gasteiger charge is 2.34. The molecule has 0 radical (unpaired) electrons. The molecule has 0 heterocycles. The van der Waals surface area contributed by atoms with Crippen molar-refractivity contribution in [2.24, 2.45) is 0 Å². The summed E-state index contributed by atoms with van der Waals surface area (Å²) < 4.78 is 45.7. The number of anilines is 1. The molecule has 1 atom stereocenters. The molecule has 0 spiro atoms. The van der Waals surface area contributed by atoms with E-state index in [0.29, 0.717) is 30.2 Å². The second kappa shape index (κ2) is 15.5. The second-order valence-corrected chi connectivity index (χ2v) is 12.3. The fourth-order valence-electron chi connectivity index (χ4n) is 4.98. The molecule has 0 aliphatic rings. The number of ether oxygens (including phenoxy) is 3. The molecule has 3 aromatic carbocycles. The first kappa shape index (κ1) is 34.2. The minimum Gasteiger partial charge on any atom is -0.497 e. The van der Waals surface area contributed by atoms with Gasteiger partial charge in [0, 0.05) is 19.2 Å². The average molecular weight is 626 g/mol. The van der Waals surface area contributed by atoms with Gasteiger partial charge >= 0.3 is 0 Å². The Morgan fingerprint density at radius 2 is 1.55 bits per heavy atom. The summed E-state index contributed by atoms with van der Waals surface area (Å²) in [4.78, 5) is 29.0. The predicted octanol–water partition coefficient (Wildman–Crippen LogP) is 4.86. The number of methoxy groups -OCH3 is 3. The van der Waals surface area contributed by atoms with Crippen LogP contribution in [0.15, 0.2) is 65.6 Å². The van der Waals surface area contributed by atoms with Gasteiger partial charge in [-0.2, -0.15) is 0 Å². The number of sulfonamides is 1. The van der Waals surface area contributed by atoms with Gasteiger partial charge in [-0.1, -0.05) is 32.0 Å². The Balaban J connectivity index is 2.14. The van der Waals surface area contributed by atoms with Crippen molar-refractivity contribution in [1.29, 1.82) is 0 Å². The van der Waals surface area contributed by atoms with Gasteiger partial charge in [0.15, 0.2) is 11.5 Å². The van der Waals surface area contributed by atoms with Gasteiger partial charge in [-0.25, -0.2) is 8.42 Å². The Bertz CT molecular complexity index is 1540. The molecule has 0 unspecified atom stereocenters. The van der Waals surface area contributed by atoms with E-state index in [-0.39, 0.29) is 23.1 Å². The lowest BCUT2D eigenvalue weighted by Crippen LogP contribution is -2.52. The summed E-state index contributed by atoms with van der Waals surface area (Å²) >= 11 is 0. The molecule has 0 saturated heterocycles. The number of rotatable bonds is 15. The van der Waals surface area contributed by atoms with Crippen LogP contribution in [0.3, 0.4) is 0 Å². The minimum absolute atomic E-state index is 0.0746. The number of carbonyl (C=O) groups is 2. The van der Waals surface area contributed by atoms with Crippen LogP contribution in [0.1, 0.15) is 43.4 Å². The molecule has 0 aliphatic heterocycles. The average Bonchev–Trinajstić information content (AvgIpc) is 3.01. The van der Waals surface area contributed by atoms with Crippen LogP contribution in [0.2, 0.25) is 0 Å². The van der Waals surface area contributed by atoms with Crippen molar-refractivity contribution in [1.82, 2.24) is 10.2 Å². The fraction of sp³-hybridized carbons (Fsp3) is 0.394. The van der Waals surface area contributed by atoms with E-state index >= 15 is 0 Å². The molecule has 0 aromatic heterocycles. The van der Waals surface area contributed by atoms with E-state index in [0.717, 1.165) is 27.4 Å². The van der Waals surface area contributed by atoms with Gasteiger partial charge in [-0.3, -0.25) is 13.9 Å².